The first-order valence-electron chi connectivity index (χ1n) is 16.6. The summed E-state index contributed by atoms with van der Waals surface area (Å²) in [6, 6.07) is 60.2. The van der Waals surface area contributed by atoms with E-state index in [1.807, 2.05) is 0 Å². The minimum Gasteiger partial charge on any atom is -0.309 e. The molecule has 1 aromatic heterocycles. The highest BCUT2D eigenvalue weighted by molar-refractivity contribution is 6.10. The van der Waals surface area contributed by atoms with E-state index in [1.54, 1.807) is 0 Å². The van der Waals surface area contributed by atoms with E-state index in [0.717, 1.165) is 6.42 Å². The predicted octanol–water partition coefficient (Wildman–Crippen LogP) is 12.0. The molecule has 0 bridgehead atoms. The SMILES string of the molecule is CC1(C)c2ccccc2-c2c(Cc3ccc(-c4ccc(-c5ccc6c(c5)c5ccccc5n6-c5ccccc5)cc4)cc3)cccc21. The van der Waals surface area contributed by atoms with Crippen LogP contribution in [0, 0.1) is 0 Å². The zero-order valence-corrected chi connectivity index (χ0v) is 26.7. The average Bonchev–Trinajstić information content (AvgIpc) is 3.58. The molecule has 224 valence electrons. The Labute approximate surface area is 276 Å². The first kappa shape index (κ1) is 27.6. The third kappa shape index (κ3) is 4.46. The summed E-state index contributed by atoms with van der Waals surface area (Å²) in [7, 11) is 0. The second-order valence-corrected chi connectivity index (χ2v) is 13.4. The number of fused-ring (bicyclic) bond motifs is 6. The van der Waals surface area contributed by atoms with Crippen molar-refractivity contribution in [3.63, 3.8) is 0 Å². The van der Waals surface area contributed by atoms with E-state index < -0.39 is 0 Å². The van der Waals surface area contributed by atoms with Gasteiger partial charge in [-0.2, -0.15) is 0 Å². The molecule has 0 amide bonds. The normalized spacial score (nSPS) is 13.1. The van der Waals surface area contributed by atoms with Crippen LogP contribution in [0.4, 0.5) is 0 Å². The topological polar surface area (TPSA) is 4.93 Å². The van der Waals surface area contributed by atoms with Gasteiger partial charge in [-0.15, -0.1) is 0 Å². The van der Waals surface area contributed by atoms with Gasteiger partial charge in [0.15, 0.2) is 0 Å². The van der Waals surface area contributed by atoms with Gasteiger partial charge in [0.05, 0.1) is 11.0 Å². The number of aromatic nitrogens is 1. The van der Waals surface area contributed by atoms with Gasteiger partial charge < -0.3 is 4.57 Å². The Bertz CT molecular complexity index is 2420. The third-order valence-corrected chi connectivity index (χ3v) is 10.3. The van der Waals surface area contributed by atoms with Crippen LogP contribution in [0.3, 0.4) is 0 Å². The molecule has 47 heavy (non-hydrogen) atoms. The Kier molecular flexibility index (Phi) is 6.30. The fourth-order valence-electron chi connectivity index (χ4n) is 7.88. The molecule has 0 fully saturated rings. The molecule has 0 N–H and O–H groups in total. The van der Waals surface area contributed by atoms with Crippen LogP contribution in [0.2, 0.25) is 0 Å². The molecule has 0 aliphatic heterocycles. The fraction of sp³-hybridized carbons (Fsp3) is 0.0870. The van der Waals surface area contributed by atoms with Gasteiger partial charge in [-0.1, -0.05) is 147 Å². The van der Waals surface area contributed by atoms with Crippen LogP contribution >= 0.6 is 0 Å². The molecule has 0 radical (unpaired) electrons. The van der Waals surface area contributed by atoms with Gasteiger partial charge in [0.1, 0.15) is 0 Å². The lowest BCUT2D eigenvalue weighted by atomic mass is 9.82. The molecule has 1 nitrogen and oxygen atoms in total. The molecule has 0 unspecified atom stereocenters. The molecule has 0 saturated carbocycles. The minimum absolute atomic E-state index is 0.0325. The molecule has 1 aliphatic carbocycles. The number of rotatable bonds is 5. The Hall–Kier alpha value is -5.66. The Morgan fingerprint density at radius 1 is 0.468 bits per heavy atom. The van der Waals surface area contributed by atoms with Gasteiger partial charge in [-0.3, -0.25) is 0 Å². The lowest BCUT2D eigenvalue weighted by Crippen LogP contribution is -2.14. The molecule has 7 aromatic carbocycles. The number of hydrogen-bond acceptors (Lipinski definition) is 0. The summed E-state index contributed by atoms with van der Waals surface area (Å²) in [5, 5.41) is 2.55. The van der Waals surface area contributed by atoms with Crippen molar-refractivity contribution in [2.45, 2.75) is 25.7 Å². The van der Waals surface area contributed by atoms with E-state index in [9.17, 15) is 0 Å². The van der Waals surface area contributed by atoms with E-state index in [1.165, 1.54) is 83.1 Å². The lowest BCUT2D eigenvalue weighted by molar-refractivity contribution is 0.660. The average molecular weight is 602 g/mol. The highest BCUT2D eigenvalue weighted by Crippen LogP contribution is 2.50. The van der Waals surface area contributed by atoms with Crippen LogP contribution in [0.15, 0.2) is 164 Å². The van der Waals surface area contributed by atoms with Gasteiger partial charge >= 0.3 is 0 Å². The number of nitrogens with zero attached hydrogens (tertiary/aromatic N) is 1. The Morgan fingerprint density at radius 3 is 1.85 bits per heavy atom. The van der Waals surface area contributed by atoms with Crippen molar-refractivity contribution in [3.8, 4) is 39.1 Å². The van der Waals surface area contributed by atoms with Gasteiger partial charge in [0.2, 0.25) is 0 Å². The van der Waals surface area contributed by atoms with Crippen LogP contribution in [-0.4, -0.2) is 4.57 Å². The molecule has 0 atom stereocenters. The Balaban J connectivity index is 0.999. The molecule has 1 heteroatoms. The van der Waals surface area contributed by atoms with E-state index >= 15 is 0 Å². The van der Waals surface area contributed by atoms with Crippen molar-refractivity contribution in [2.24, 2.45) is 0 Å². The smallest absolute Gasteiger partial charge is 0.0541 e. The third-order valence-electron chi connectivity index (χ3n) is 10.3. The fourth-order valence-corrected chi connectivity index (χ4v) is 7.88. The molecule has 1 heterocycles. The molecule has 0 spiro atoms. The second-order valence-electron chi connectivity index (χ2n) is 13.4. The number of benzene rings is 7. The summed E-state index contributed by atoms with van der Waals surface area (Å²) in [4.78, 5) is 0. The molecule has 1 aliphatic rings. The van der Waals surface area contributed by atoms with E-state index in [2.05, 4.69) is 182 Å². The maximum atomic E-state index is 2.37. The maximum Gasteiger partial charge on any atom is 0.0541 e. The van der Waals surface area contributed by atoms with Crippen LogP contribution in [-0.2, 0) is 11.8 Å². The summed E-state index contributed by atoms with van der Waals surface area (Å²) in [5.74, 6) is 0. The van der Waals surface area contributed by atoms with Crippen LogP contribution in [0.1, 0.15) is 36.1 Å². The van der Waals surface area contributed by atoms with Crippen LogP contribution < -0.4 is 0 Å². The lowest BCUT2D eigenvalue weighted by Gasteiger charge is -2.21. The van der Waals surface area contributed by atoms with Crippen LogP contribution in [0.25, 0.3) is 60.9 Å². The standard InChI is InChI=1S/C46H35N/c1-46(2)41-16-8-6-15-39(41)45-36(11-10-17-42(45)46)29-31-19-21-32(22-20-31)33-23-25-34(26-24-33)35-27-28-44-40(30-35)38-14-7-9-18-43(38)47(44)37-12-4-3-5-13-37/h3-28,30H,29H2,1-2H3. The molecular weight excluding hydrogens is 567 g/mol. The van der Waals surface area contributed by atoms with Gasteiger partial charge in [-0.25, -0.2) is 0 Å². The summed E-state index contributed by atoms with van der Waals surface area (Å²) in [5.41, 5.74) is 17.0. The summed E-state index contributed by atoms with van der Waals surface area (Å²) in [6.07, 6.45) is 0.927. The summed E-state index contributed by atoms with van der Waals surface area (Å²) >= 11 is 0. The Morgan fingerprint density at radius 2 is 1.06 bits per heavy atom. The van der Waals surface area contributed by atoms with Gasteiger partial charge in [-0.05, 0) is 92.4 Å². The van der Waals surface area contributed by atoms with Gasteiger partial charge in [0, 0.05) is 21.9 Å². The molecular formula is C46H35N. The first-order chi connectivity index (χ1) is 23.1. The van der Waals surface area contributed by atoms with E-state index in [4.69, 9.17) is 0 Å². The summed E-state index contributed by atoms with van der Waals surface area (Å²) < 4.78 is 2.37. The highest BCUT2D eigenvalue weighted by Gasteiger charge is 2.36. The number of hydrogen-bond donors (Lipinski definition) is 0. The zero-order chi connectivity index (χ0) is 31.5. The summed E-state index contributed by atoms with van der Waals surface area (Å²) in [6.45, 7) is 4.70. The van der Waals surface area contributed by atoms with E-state index in [0.29, 0.717) is 0 Å². The van der Waals surface area contributed by atoms with Crippen molar-refractivity contribution in [1.29, 1.82) is 0 Å². The van der Waals surface area contributed by atoms with Crippen molar-refractivity contribution >= 4 is 21.8 Å². The molecule has 0 saturated heterocycles. The van der Waals surface area contributed by atoms with Gasteiger partial charge in [0.25, 0.3) is 0 Å². The van der Waals surface area contributed by atoms with Crippen molar-refractivity contribution < 1.29 is 0 Å². The first-order valence-corrected chi connectivity index (χ1v) is 16.6. The van der Waals surface area contributed by atoms with E-state index in [-0.39, 0.29) is 5.41 Å². The second kappa shape index (κ2) is 10.7. The van der Waals surface area contributed by atoms with Crippen LogP contribution in [0.5, 0.6) is 0 Å². The van der Waals surface area contributed by atoms with Crippen molar-refractivity contribution in [3.05, 3.63) is 186 Å². The maximum absolute atomic E-state index is 2.37. The van der Waals surface area contributed by atoms with Crippen molar-refractivity contribution in [2.75, 3.05) is 0 Å². The molecule has 8 aromatic rings. The monoisotopic (exact) mass is 601 g/mol. The minimum atomic E-state index is 0.0325. The highest BCUT2D eigenvalue weighted by atomic mass is 15.0. The largest absolute Gasteiger partial charge is 0.309 e. The predicted molar refractivity (Wildman–Crippen MR) is 198 cm³/mol. The zero-order valence-electron chi connectivity index (χ0n) is 26.7. The van der Waals surface area contributed by atoms with Crippen molar-refractivity contribution in [1.82, 2.24) is 4.57 Å². The quantitative estimate of drug-likeness (QED) is 0.185. The number of para-hydroxylation sites is 2. The molecule has 9 rings (SSSR count).